The molecule has 5 heteroatoms. The van der Waals surface area contributed by atoms with Crippen LogP contribution in [-0.2, 0) is 19.0 Å². The molecule has 0 spiro atoms. The number of benzene rings is 1. The molecule has 0 fully saturated rings. The van der Waals surface area contributed by atoms with Crippen molar-refractivity contribution in [1.29, 1.82) is 0 Å². The zero-order chi connectivity index (χ0) is 13.2. The third-order valence-electron chi connectivity index (χ3n) is 2.68. The minimum atomic E-state index is -4.46. The van der Waals surface area contributed by atoms with Crippen LogP contribution in [0.4, 0.5) is 13.2 Å². The molecule has 0 aliphatic carbocycles. The van der Waals surface area contributed by atoms with Crippen molar-refractivity contribution < 1.29 is 18.0 Å². The number of halogens is 3. The van der Waals surface area contributed by atoms with E-state index in [1.807, 2.05) is 0 Å². The molecule has 0 saturated carbocycles. The van der Waals surface area contributed by atoms with E-state index in [2.05, 4.69) is 0 Å². The average Bonchev–Trinajstić information content (AvgIpc) is 2.25. The first-order valence-corrected chi connectivity index (χ1v) is 5.34. The normalized spacial score (nSPS) is 11.6. The maximum atomic E-state index is 13.0. The molecule has 0 aliphatic rings. The van der Waals surface area contributed by atoms with Crippen molar-refractivity contribution in [2.45, 2.75) is 32.9 Å². The molecule has 94 valence electrons. The molecule has 1 aromatic carbocycles. The van der Waals surface area contributed by atoms with E-state index < -0.39 is 17.6 Å². The van der Waals surface area contributed by atoms with Crippen molar-refractivity contribution in [2.75, 3.05) is 0 Å². The molecule has 1 amide bonds. The number of hydrogen-bond donors (Lipinski definition) is 1. The highest BCUT2D eigenvalue weighted by atomic mass is 19.4. The number of alkyl halides is 3. The van der Waals surface area contributed by atoms with Crippen molar-refractivity contribution in [3.63, 3.8) is 0 Å². The summed E-state index contributed by atoms with van der Waals surface area (Å²) in [5, 5.41) is 0. The lowest BCUT2D eigenvalue weighted by atomic mass is 9.92. The van der Waals surface area contributed by atoms with E-state index in [1.165, 1.54) is 12.1 Å². The van der Waals surface area contributed by atoms with E-state index >= 15 is 0 Å². The lowest BCUT2D eigenvalue weighted by Crippen LogP contribution is -2.20. The molecule has 1 aromatic rings. The lowest BCUT2D eigenvalue weighted by Gasteiger charge is -2.18. The fourth-order valence-corrected chi connectivity index (χ4v) is 1.94. The minimum absolute atomic E-state index is 0.00986. The molecule has 0 aliphatic heterocycles. The van der Waals surface area contributed by atoms with Crippen molar-refractivity contribution in [3.05, 3.63) is 34.4 Å². The molecule has 17 heavy (non-hydrogen) atoms. The van der Waals surface area contributed by atoms with Gasteiger partial charge >= 0.3 is 6.18 Å². The largest absolute Gasteiger partial charge is 0.416 e. The molecule has 2 N–H and O–H groups in total. The predicted octanol–water partition coefficient (Wildman–Crippen LogP) is 2.93. The fraction of sp³-hybridized carbons (Fsp3) is 0.417. The highest BCUT2D eigenvalue weighted by Gasteiger charge is 2.36. The predicted molar refractivity (Wildman–Crippen MR) is 58.7 cm³/mol. The second kappa shape index (κ2) is 4.77. The van der Waals surface area contributed by atoms with E-state index in [0.717, 1.165) is 0 Å². The van der Waals surface area contributed by atoms with Crippen LogP contribution in [0.5, 0.6) is 0 Å². The second-order valence-corrected chi connectivity index (χ2v) is 3.69. The first-order valence-electron chi connectivity index (χ1n) is 5.34. The highest BCUT2D eigenvalue weighted by molar-refractivity contribution is 5.94. The van der Waals surface area contributed by atoms with Gasteiger partial charge in [-0.3, -0.25) is 4.79 Å². The molecule has 0 aromatic heterocycles. The summed E-state index contributed by atoms with van der Waals surface area (Å²) < 4.78 is 38.9. The quantitative estimate of drug-likeness (QED) is 0.874. The van der Waals surface area contributed by atoms with Crippen molar-refractivity contribution in [1.82, 2.24) is 0 Å². The van der Waals surface area contributed by atoms with Crippen LogP contribution in [0, 0.1) is 0 Å². The first kappa shape index (κ1) is 13.5. The van der Waals surface area contributed by atoms with E-state index in [1.54, 1.807) is 13.8 Å². The minimum Gasteiger partial charge on any atom is -0.366 e. The molecule has 1 rings (SSSR count). The molecule has 0 atom stereocenters. The van der Waals surface area contributed by atoms with Crippen molar-refractivity contribution in [2.24, 2.45) is 5.73 Å². The summed E-state index contributed by atoms with van der Waals surface area (Å²) in [5.74, 6) is -0.824. The van der Waals surface area contributed by atoms with Crippen LogP contribution in [0.15, 0.2) is 12.1 Å². The Kier molecular flexibility index (Phi) is 3.80. The van der Waals surface area contributed by atoms with Crippen LogP contribution in [-0.4, -0.2) is 5.91 Å². The van der Waals surface area contributed by atoms with Gasteiger partial charge in [-0.2, -0.15) is 13.2 Å². The number of nitrogens with two attached hydrogens (primary N) is 1. The Bertz CT molecular complexity index is 438. The third kappa shape index (κ3) is 2.60. The average molecular weight is 245 g/mol. The van der Waals surface area contributed by atoms with Crippen LogP contribution in [0.3, 0.4) is 0 Å². The van der Waals surface area contributed by atoms with Gasteiger partial charge < -0.3 is 5.73 Å². The van der Waals surface area contributed by atoms with Crippen LogP contribution >= 0.6 is 0 Å². The number of aryl methyl sites for hydroxylation is 1. The zero-order valence-electron chi connectivity index (χ0n) is 9.69. The summed E-state index contributed by atoms with van der Waals surface area (Å²) in [6, 6.07) is 2.69. The van der Waals surface area contributed by atoms with E-state index in [0.29, 0.717) is 0 Å². The van der Waals surface area contributed by atoms with Gasteiger partial charge in [0.25, 0.3) is 0 Å². The number of primary amides is 1. The van der Waals surface area contributed by atoms with Gasteiger partial charge in [0, 0.05) is 5.56 Å². The summed E-state index contributed by atoms with van der Waals surface area (Å²) in [4.78, 5) is 11.1. The second-order valence-electron chi connectivity index (χ2n) is 3.69. The SMILES string of the molecule is CCc1ccc(C(N)=O)c(CC)c1C(F)(F)F. The van der Waals surface area contributed by atoms with Gasteiger partial charge in [0.1, 0.15) is 0 Å². The van der Waals surface area contributed by atoms with Gasteiger partial charge in [0.2, 0.25) is 5.91 Å². The topological polar surface area (TPSA) is 43.1 Å². The van der Waals surface area contributed by atoms with Gasteiger partial charge in [-0.25, -0.2) is 0 Å². The fourth-order valence-electron chi connectivity index (χ4n) is 1.94. The molecular weight excluding hydrogens is 231 g/mol. The Hall–Kier alpha value is -1.52. The Morgan fingerprint density at radius 2 is 1.82 bits per heavy atom. The summed E-state index contributed by atoms with van der Waals surface area (Å²) in [7, 11) is 0. The lowest BCUT2D eigenvalue weighted by molar-refractivity contribution is -0.138. The Morgan fingerprint density at radius 1 is 1.24 bits per heavy atom. The van der Waals surface area contributed by atoms with Gasteiger partial charge in [0.15, 0.2) is 0 Å². The van der Waals surface area contributed by atoms with Crippen LogP contribution < -0.4 is 5.73 Å². The van der Waals surface area contributed by atoms with Crippen molar-refractivity contribution in [3.8, 4) is 0 Å². The standard InChI is InChI=1S/C12H14F3NO/c1-3-7-5-6-9(11(16)17)8(4-2)10(7)12(13,14)15/h5-6H,3-4H2,1-2H3,(H2,16,17). The zero-order valence-corrected chi connectivity index (χ0v) is 9.69. The summed E-state index contributed by atoms with van der Waals surface area (Å²) in [6.07, 6.45) is -4.07. The highest BCUT2D eigenvalue weighted by Crippen LogP contribution is 2.36. The monoisotopic (exact) mass is 245 g/mol. The summed E-state index contributed by atoms with van der Waals surface area (Å²) in [5.41, 5.74) is 4.52. The number of carbonyl (C=O) groups is 1. The number of amides is 1. The number of hydrogen-bond acceptors (Lipinski definition) is 1. The van der Waals surface area contributed by atoms with Crippen LogP contribution in [0.25, 0.3) is 0 Å². The van der Waals surface area contributed by atoms with E-state index in [-0.39, 0.29) is 29.5 Å². The van der Waals surface area contributed by atoms with Crippen molar-refractivity contribution >= 4 is 5.91 Å². The molecule has 0 heterocycles. The first-order chi connectivity index (χ1) is 7.82. The molecular formula is C12H14F3NO. The van der Waals surface area contributed by atoms with Crippen LogP contribution in [0.2, 0.25) is 0 Å². The van der Waals surface area contributed by atoms with Gasteiger partial charge in [-0.15, -0.1) is 0 Å². The third-order valence-corrected chi connectivity index (χ3v) is 2.68. The van der Waals surface area contributed by atoms with Gasteiger partial charge in [0.05, 0.1) is 5.56 Å². The molecule has 0 saturated heterocycles. The smallest absolute Gasteiger partial charge is 0.366 e. The molecule has 0 radical (unpaired) electrons. The summed E-state index contributed by atoms with van der Waals surface area (Å²) >= 11 is 0. The van der Waals surface area contributed by atoms with Crippen LogP contribution in [0.1, 0.15) is 40.9 Å². The number of carbonyl (C=O) groups excluding carboxylic acids is 1. The van der Waals surface area contributed by atoms with E-state index in [9.17, 15) is 18.0 Å². The molecule has 2 nitrogen and oxygen atoms in total. The Labute approximate surface area is 97.6 Å². The van der Waals surface area contributed by atoms with Gasteiger partial charge in [-0.05, 0) is 30.0 Å². The van der Waals surface area contributed by atoms with E-state index in [4.69, 9.17) is 5.73 Å². The Balaban J connectivity index is 3.61. The maximum absolute atomic E-state index is 13.0. The van der Waals surface area contributed by atoms with Gasteiger partial charge in [-0.1, -0.05) is 19.9 Å². The number of rotatable bonds is 3. The summed E-state index contributed by atoms with van der Waals surface area (Å²) in [6.45, 7) is 3.23. The Morgan fingerprint density at radius 3 is 2.18 bits per heavy atom. The molecule has 0 bridgehead atoms. The molecule has 0 unspecified atom stereocenters. The maximum Gasteiger partial charge on any atom is 0.416 e.